The maximum absolute atomic E-state index is 14.4. The number of hydrogen-bond acceptors (Lipinski definition) is 9. The predicted molar refractivity (Wildman–Crippen MR) is 231 cm³/mol. The Balaban J connectivity index is 1.17. The average Bonchev–Trinajstić information content (AvgIpc) is 3.52. The zero-order chi connectivity index (χ0) is 42.5. The number of nitrogens with zero attached hydrogens (tertiary/aromatic N) is 4. The van der Waals surface area contributed by atoms with Gasteiger partial charge in [-0.25, -0.2) is 18.7 Å². The Kier molecular flexibility index (Phi) is 15.3. The second-order valence-electron chi connectivity index (χ2n) is 21.8. The molecule has 0 amide bonds. The standard InChI is InChI=1S/C46H79F2N7O2/c1-40(2,3)53-34-16-25-55(32-34)38-27-33(15-23-49-38)42(7,8)17-20-45(13,14)54-35-28-36(29-35)57-39-31-50-37(30-51-39)43(9,10)18-19-44(11,12)52-24-21-46(47,48)22-26-56-41(4,5)6/h15,23,27,30-31,34-36,52-54H,16-22,24-26,28-29,32H2,1-14H3. The third-order valence-electron chi connectivity index (χ3n) is 11.8. The molecule has 0 aromatic carbocycles. The first kappa shape index (κ1) is 47.2. The maximum Gasteiger partial charge on any atom is 0.251 e. The summed E-state index contributed by atoms with van der Waals surface area (Å²) in [7, 11) is 0. The van der Waals surface area contributed by atoms with E-state index < -0.39 is 11.5 Å². The lowest BCUT2D eigenvalue weighted by atomic mass is 9.77. The Labute approximate surface area is 345 Å². The van der Waals surface area contributed by atoms with E-state index in [1.807, 2.05) is 33.2 Å². The quantitative estimate of drug-likeness (QED) is 0.114. The summed E-state index contributed by atoms with van der Waals surface area (Å²) in [6, 6.07) is 5.40. The summed E-state index contributed by atoms with van der Waals surface area (Å²) in [5.74, 6) is -1.11. The van der Waals surface area contributed by atoms with Crippen LogP contribution >= 0.6 is 0 Å². The lowest BCUT2D eigenvalue weighted by Crippen LogP contribution is -2.54. The highest BCUT2D eigenvalue weighted by Gasteiger charge is 2.37. The van der Waals surface area contributed by atoms with Gasteiger partial charge in [0, 0.05) is 72.8 Å². The number of alkyl halides is 2. The Bertz CT molecular complexity index is 1540. The molecule has 1 aliphatic carbocycles. The van der Waals surface area contributed by atoms with E-state index in [4.69, 9.17) is 19.4 Å². The molecule has 2 aromatic rings. The van der Waals surface area contributed by atoms with Gasteiger partial charge in [-0.1, -0.05) is 27.7 Å². The van der Waals surface area contributed by atoms with Gasteiger partial charge in [0.05, 0.1) is 30.3 Å². The van der Waals surface area contributed by atoms with Crippen molar-refractivity contribution in [2.45, 2.75) is 212 Å². The fourth-order valence-corrected chi connectivity index (χ4v) is 7.84. The van der Waals surface area contributed by atoms with Crippen LogP contribution in [0.1, 0.15) is 166 Å². The number of ether oxygens (including phenoxy) is 2. The van der Waals surface area contributed by atoms with E-state index in [0.717, 1.165) is 69.5 Å². The molecular formula is C46H79F2N7O2. The first-order valence-corrected chi connectivity index (χ1v) is 21.6. The van der Waals surface area contributed by atoms with Crippen molar-refractivity contribution in [1.82, 2.24) is 30.9 Å². The number of nitrogens with one attached hydrogen (secondary N) is 3. The molecule has 2 aliphatic rings. The molecule has 2 fully saturated rings. The molecule has 1 atom stereocenters. The molecule has 2 aromatic heterocycles. The molecule has 9 nitrogen and oxygen atoms in total. The van der Waals surface area contributed by atoms with Crippen molar-refractivity contribution < 1.29 is 18.3 Å². The van der Waals surface area contributed by atoms with Gasteiger partial charge in [0.15, 0.2) is 0 Å². The normalized spacial score (nSPS) is 20.2. The van der Waals surface area contributed by atoms with Crippen LogP contribution < -0.4 is 25.6 Å². The largest absolute Gasteiger partial charge is 0.473 e. The number of anilines is 1. The van der Waals surface area contributed by atoms with Gasteiger partial charge in [0.1, 0.15) is 11.9 Å². The van der Waals surface area contributed by atoms with Gasteiger partial charge in [-0.15, -0.1) is 0 Å². The lowest BCUT2D eigenvalue weighted by molar-refractivity contribution is -0.0702. The zero-order valence-electron chi connectivity index (χ0n) is 38.2. The van der Waals surface area contributed by atoms with Gasteiger partial charge >= 0.3 is 0 Å². The van der Waals surface area contributed by atoms with Gasteiger partial charge in [-0.3, -0.25) is 4.98 Å². The van der Waals surface area contributed by atoms with Crippen molar-refractivity contribution in [2.75, 3.05) is 31.1 Å². The van der Waals surface area contributed by atoms with Crippen LogP contribution in [-0.2, 0) is 15.6 Å². The SMILES string of the molecule is CC(C)(C)NC1CCN(c2cc(C(C)(C)CCC(C)(C)NC3CC(Oc4cnc(C(C)(C)CCC(C)(C)NCCC(F)(F)CCOC(C)(C)C)cn4)C3)ccn2)C1. The lowest BCUT2D eigenvalue weighted by Gasteiger charge is -2.42. The third kappa shape index (κ3) is 15.9. The highest BCUT2D eigenvalue weighted by Crippen LogP contribution is 2.35. The number of halogens is 2. The first-order valence-electron chi connectivity index (χ1n) is 21.6. The molecular weight excluding hydrogens is 721 g/mol. The molecule has 1 unspecified atom stereocenters. The summed E-state index contributed by atoms with van der Waals surface area (Å²) in [5, 5.41) is 11.0. The van der Waals surface area contributed by atoms with Gasteiger partial charge in [0.25, 0.3) is 5.92 Å². The number of pyridine rings is 1. The van der Waals surface area contributed by atoms with Crippen molar-refractivity contribution in [3.05, 3.63) is 42.0 Å². The van der Waals surface area contributed by atoms with Crippen LogP contribution in [-0.4, -0.2) is 87.5 Å². The monoisotopic (exact) mass is 800 g/mol. The predicted octanol–water partition coefficient (Wildman–Crippen LogP) is 9.53. The minimum absolute atomic E-state index is 0.00684. The summed E-state index contributed by atoms with van der Waals surface area (Å²) in [4.78, 5) is 16.6. The number of aromatic nitrogens is 3. The molecule has 1 saturated carbocycles. The van der Waals surface area contributed by atoms with Crippen LogP contribution in [0.5, 0.6) is 5.88 Å². The van der Waals surface area contributed by atoms with Crippen LogP contribution in [0.15, 0.2) is 30.7 Å². The summed E-state index contributed by atoms with van der Waals surface area (Å²) in [5.41, 5.74) is 1.44. The number of rotatable bonds is 21. The Morgan fingerprint density at radius 3 is 2.04 bits per heavy atom. The van der Waals surface area contributed by atoms with E-state index in [-0.39, 0.29) is 59.5 Å². The average molecular weight is 800 g/mol. The van der Waals surface area contributed by atoms with Crippen LogP contribution in [0, 0.1) is 0 Å². The smallest absolute Gasteiger partial charge is 0.251 e. The second-order valence-corrected chi connectivity index (χ2v) is 21.8. The molecule has 324 valence electrons. The molecule has 0 spiro atoms. The Morgan fingerprint density at radius 1 is 0.737 bits per heavy atom. The van der Waals surface area contributed by atoms with Crippen molar-refractivity contribution in [1.29, 1.82) is 0 Å². The third-order valence-corrected chi connectivity index (χ3v) is 11.8. The van der Waals surface area contributed by atoms with E-state index in [1.54, 1.807) is 6.20 Å². The van der Waals surface area contributed by atoms with Crippen LogP contribution in [0.3, 0.4) is 0 Å². The minimum Gasteiger partial charge on any atom is -0.473 e. The van der Waals surface area contributed by atoms with E-state index >= 15 is 0 Å². The fourth-order valence-electron chi connectivity index (χ4n) is 7.84. The highest BCUT2D eigenvalue weighted by molar-refractivity contribution is 5.44. The molecule has 3 N–H and O–H groups in total. The van der Waals surface area contributed by atoms with E-state index in [1.165, 1.54) is 5.56 Å². The Morgan fingerprint density at radius 2 is 1.40 bits per heavy atom. The van der Waals surface area contributed by atoms with Gasteiger partial charge in [0.2, 0.25) is 5.88 Å². The summed E-state index contributed by atoms with van der Waals surface area (Å²) >= 11 is 0. The first-order chi connectivity index (χ1) is 26.1. The van der Waals surface area contributed by atoms with Crippen molar-refractivity contribution in [3.63, 3.8) is 0 Å². The van der Waals surface area contributed by atoms with Crippen LogP contribution in [0.25, 0.3) is 0 Å². The van der Waals surface area contributed by atoms with E-state index in [9.17, 15) is 8.78 Å². The van der Waals surface area contributed by atoms with Crippen LogP contribution in [0.2, 0.25) is 0 Å². The second kappa shape index (κ2) is 18.4. The van der Waals surface area contributed by atoms with Crippen molar-refractivity contribution >= 4 is 5.82 Å². The number of hydrogen-bond donors (Lipinski definition) is 3. The molecule has 1 aliphatic heterocycles. The zero-order valence-corrected chi connectivity index (χ0v) is 38.2. The topological polar surface area (TPSA) is 96.5 Å². The molecule has 1 saturated heterocycles. The molecule has 0 radical (unpaired) electrons. The maximum atomic E-state index is 14.4. The fraction of sp³-hybridized carbons (Fsp3) is 0.804. The van der Waals surface area contributed by atoms with Gasteiger partial charge in [-0.2, -0.15) is 0 Å². The van der Waals surface area contributed by atoms with E-state index in [2.05, 4.69) is 114 Å². The van der Waals surface area contributed by atoms with E-state index in [0.29, 0.717) is 18.0 Å². The van der Waals surface area contributed by atoms with Gasteiger partial charge < -0.3 is 30.3 Å². The summed E-state index contributed by atoms with van der Waals surface area (Å²) < 4.78 is 40.6. The molecule has 57 heavy (non-hydrogen) atoms. The molecule has 11 heteroatoms. The Hall–Kier alpha value is -2.47. The van der Waals surface area contributed by atoms with Crippen molar-refractivity contribution in [3.8, 4) is 5.88 Å². The highest BCUT2D eigenvalue weighted by atomic mass is 19.3. The summed E-state index contributed by atoms with van der Waals surface area (Å²) in [6.07, 6.45) is 12.0. The molecule has 0 bridgehead atoms. The van der Waals surface area contributed by atoms with Crippen LogP contribution in [0.4, 0.5) is 14.6 Å². The van der Waals surface area contributed by atoms with Crippen molar-refractivity contribution in [2.24, 2.45) is 0 Å². The molecule has 3 heterocycles. The molecule has 4 rings (SSSR count). The summed E-state index contributed by atoms with van der Waals surface area (Å²) in [6.45, 7) is 32.5. The van der Waals surface area contributed by atoms with Gasteiger partial charge in [-0.05, 0) is 137 Å². The minimum atomic E-state index is -2.76.